The lowest BCUT2D eigenvalue weighted by molar-refractivity contribution is 0.304. The summed E-state index contributed by atoms with van der Waals surface area (Å²) < 4.78 is 7.64. The van der Waals surface area contributed by atoms with E-state index in [1.54, 1.807) is 12.3 Å². The molecular formula is C18H15N3O. The molecule has 0 saturated heterocycles. The molecule has 22 heavy (non-hydrogen) atoms. The van der Waals surface area contributed by atoms with Gasteiger partial charge in [-0.15, -0.1) is 0 Å². The van der Waals surface area contributed by atoms with Crippen molar-refractivity contribution >= 4 is 0 Å². The Morgan fingerprint density at radius 1 is 1.18 bits per heavy atom. The van der Waals surface area contributed by atoms with Gasteiger partial charge in [-0.1, -0.05) is 12.1 Å². The summed E-state index contributed by atoms with van der Waals surface area (Å²) in [6, 6.07) is 17.5. The summed E-state index contributed by atoms with van der Waals surface area (Å²) in [7, 11) is 0. The van der Waals surface area contributed by atoms with Gasteiger partial charge >= 0.3 is 0 Å². The van der Waals surface area contributed by atoms with E-state index in [1.807, 2.05) is 60.3 Å². The SMILES string of the molecule is Cc1cc(C#N)ccc1OCc1ccc(-n2cccn2)cc1. The zero-order valence-electron chi connectivity index (χ0n) is 12.2. The van der Waals surface area contributed by atoms with E-state index < -0.39 is 0 Å². The predicted molar refractivity (Wildman–Crippen MR) is 83.8 cm³/mol. The number of aromatic nitrogens is 2. The Kier molecular flexibility index (Phi) is 3.88. The molecule has 0 atom stereocenters. The van der Waals surface area contributed by atoms with Crippen LogP contribution in [0.4, 0.5) is 0 Å². The molecule has 3 rings (SSSR count). The molecule has 0 N–H and O–H groups in total. The Morgan fingerprint density at radius 3 is 2.64 bits per heavy atom. The highest BCUT2D eigenvalue weighted by Crippen LogP contribution is 2.20. The summed E-state index contributed by atoms with van der Waals surface area (Å²) in [6.45, 7) is 2.43. The number of nitrogens with zero attached hydrogens (tertiary/aromatic N) is 3. The van der Waals surface area contributed by atoms with Crippen LogP contribution in [-0.4, -0.2) is 9.78 Å². The molecule has 0 spiro atoms. The molecule has 0 fully saturated rings. The van der Waals surface area contributed by atoms with Gasteiger partial charge in [0.1, 0.15) is 12.4 Å². The third-order valence-corrected chi connectivity index (χ3v) is 3.40. The van der Waals surface area contributed by atoms with Crippen molar-refractivity contribution in [1.29, 1.82) is 5.26 Å². The Morgan fingerprint density at radius 2 is 2.00 bits per heavy atom. The molecule has 0 radical (unpaired) electrons. The number of hydrogen-bond acceptors (Lipinski definition) is 3. The fourth-order valence-corrected chi connectivity index (χ4v) is 2.21. The highest BCUT2D eigenvalue weighted by Gasteiger charge is 2.02. The van der Waals surface area contributed by atoms with Crippen molar-refractivity contribution in [2.45, 2.75) is 13.5 Å². The maximum Gasteiger partial charge on any atom is 0.122 e. The largest absolute Gasteiger partial charge is 0.489 e. The van der Waals surface area contributed by atoms with Crippen LogP contribution < -0.4 is 4.74 Å². The zero-order chi connectivity index (χ0) is 15.4. The summed E-state index contributed by atoms with van der Waals surface area (Å²) >= 11 is 0. The summed E-state index contributed by atoms with van der Waals surface area (Å²) in [5, 5.41) is 13.1. The number of benzene rings is 2. The van der Waals surface area contributed by atoms with Crippen LogP contribution in [0, 0.1) is 18.3 Å². The fraction of sp³-hybridized carbons (Fsp3) is 0.111. The van der Waals surface area contributed by atoms with Crippen molar-refractivity contribution in [2.24, 2.45) is 0 Å². The Bertz CT molecular complexity index is 799. The minimum absolute atomic E-state index is 0.492. The van der Waals surface area contributed by atoms with Crippen LogP contribution in [-0.2, 0) is 6.61 Å². The normalized spacial score (nSPS) is 10.2. The van der Waals surface area contributed by atoms with Crippen LogP contribution in [0.1, 0.15) is 16.7 Å². The molecule has 2 aromatic carbocycles. The van der Waals surface area contributed by atoms with Crippen molar-refractivity contribution in [1.82, 2.24) is 9.78 Å². The molecule has 0 unspecified atom stereocenters. The highest BCUT2D eigenvalue weighted by molar-refractivity contribution is 5.41. The van der Waals surface area contributed by atoms with Gasteiger partial charge in [0.05, 0.1) is 17.3 Å². The zero-order valence-corrected chi connectivity index (χ0v) is 12.2. The van der Waals surface area contributed by atoms with Crippen LogP contribution in [0.3, 0.4) is 0 Å². The van der Waals surface area contributed by atoms with Crippen LogP contribution in [0.2, 0.25) is 0 Å². The first-order valence-electron chi connectivity index (χ1n) is 6.99. The number of rotatable bonds is 4. The molecular weight excluding hydrogens is 274 g/mol. The van der Waals surface area contributed by atoms with E-state index >= 15 is 0 Å². The van der Waals surface area contributed by atoms with E-state index in [1.165, 1.54) is 0 Å². The first kappa shape index (κ1) is 13.9. The maximum atomic E-state index is 8.87. The molecule has 3 aromatic rings. The monoisotopic (exact) mass is 289 g/mol. The van der Waals surface area contributed by atoms with Crippen molar-refractivity contribution in [3.63, 3.8) is 0 Å². The molecule has 1 heterocycles. The van der Waals surface area contributed by atoms with E-state index in [0.29, 0.717) is 12.2 Å². The van der Waals surface area contributed by atoms with E-state index in [-0.39, 0.29) is 0 Å². The molecule has 0 aliphatic carbocycles. The molecule has 0 amide bonds. The molecule has 0 bridgehead atoms. The quantitative estimate of drug-likeness (QED) is 0.737. The third kappa shape index (κ3) is 2.99. The van der Waals surface area contributed by atoms with Gasteiger partial charge in [-0.3, -0.25) is 0 Å². The van der Waals surface area contributed by atoms with Crippen LogP contribution >= 0.6 is 0 Å². The van der Waals surface area contributed by atoms with Gasteiger partial charge in [0, 0.05) is 12.4 Å². The number of ether oxygens (including phenoxy) is 1. The second kappa shape index (κ2) is 6.15. The topological polar surface area (TPSA) is 50.8 Å². The minimum Gasteiger partial charge on any atom is -0.489 e. The Balaban J connectivity index is 1.68. The molecule has 0 aliphatic heterocycles. The lowest BCUT2D eigenvalue weighted by atomic mass is 10.1. The van der Waals surface area contributed by atoms with Crippen molar-refractivity contribution in [3.8, 4) is 17.5 Å². The average molecular weight is 289 g/mol. The second-order valence-electron chi connectivity index (χ2n) is 5.00. The van der Waals surface area contributed by atoms with Gasteiger partial charge in [0.2, 0.25) is 0 Å². The van der Waals surface area contributed by atoms with Gasteiger partial charge in [-0.2, -0.15) is 10.4 Å². The van der Waals surface area contributed by atoms with Crippen molar-refractivity contribution < 1.29 is 4.74 Å². The molecule has 0 saturated carbocycles. The summed E-state index contributed by atoms with van der Waals surface area (Å²) in [6.07, 6.45) is 3.66. The molecule has 4 heteroatoms. The number of aryl methyl sites for hydroxylation is 1. The van der Waals surface area contributed by atoms with E-state index in [4.69, 9.17) is 10.00 Å². The number of nitriles is 1. The lowest BCUT2D eigenvalue weighted by Gasteiger charge is -2.10. The average Bonchev–Trinajstić information content (AvgIpc) is 3.08. The number of hydrogen-bond donors (Lipinski definition) is 0. The molecule has 1 aromatic heterocycles. The summed E-state index contributed by atoms with van der Waals surface area (Å²) in [4.78, 5) is 0. The van der Waals surface area contributed by atoms with E-state index in [2.05, 4.69) is 11.2 Å². The highest BCUT2D eigenvalue weighted by atomic mass is 16.5. The lowest BCUT2D eigenvalue weighted by Crippen LogP contribution is -1.99. The van der Waals surface area contributed by atoms with E-state index in [9.17, 15) is 0 Å². The van der Waals surface area contributed by atoms with Gasteiger partial charge < -0.3 is 4.74 Å². The first-order chi connectivity index (χ1) is 10.8. The maximum absolute atomic E-state index is 8.87. The Labute approximate surface area is 129 Å². The van der Waals surface area contributed by atoms with Crippen molar-refractivity contribution in [2.75, 3.05) is 0 Å². The van der Waals surface area contributed by atoms with E-state index in [0.717, 1.165) is 22.6 Å². The third-order valence-electron chi connectivity index (χ3n) is 3.40. The van der Waals surface area contributed by atoms with Gasteiger partial charge in [-0.05, 0) is 54.4 Å². The van der Waals surface area contributed by atoms with Gasteiger partial charge in [-0.25, -0.2) is 4.68 Å². The smallest absolute Gasteiger partial charge is 0.122 e. The Hall–Kier alpha value is -3.06. The standard InChI is InChI=1S/C18H15N3O/c1-14-11-16(12-19)5-8-18(14)22-13-15-3-6-17(7-4-15)21-10-2-9-20-21/h2-11H,13H2,1H3. The van der Waals surface area contributed by atoms with Crippen LogP contribution in [0.5, 0.6) is 5.75 Å². The van der Waals surface area contributed by atoms with Crippen molar-refractivity contribution in [3.05, 3.63) is 77.6 Å². The predicted octanol–water partition coefficient (Wildman–Crippen LogP) is 3.63. The first-order valence-corrected chi connectivity index (χ1v) is 6.99. The van der Waals surface area contributed by atoms with Gasteiger partial charge in [0.15, 0.2) is 0 Å². The summed E-state index contributed by atoms with van der Waals surface area (Å²) in [5.41, 5.74) is 3.71. The van der Waals surface area contributed by atoms with Crippen LogP contribution in [0.25, 0.3) is 5.69 Å². The summed E-state index contributed by atoms with van der Waals surface area (Å²) in [5.74, 6) is 0.801. The van der Waals surface area contributed by atoms with Gasteiger partial charge in [0.25, 0.3) is 0 Å². The fourth-order valence-electron chi connectivity index (χ4n) is 2.21. The molecule has 4 nitrogen and oxygen atoms in total. The van der Waals surface area contributed by atoms with Crippen LogP contribution in [0.15, 0.2) is 60.9 Å². The second-order valence-corrected chi connectivity index (χ2v) is 5.00. The minimum atomic E-state index is 0.492. The molecule has 108 valence electrons. The molecule has 0 aliphatic rings.